The van der Waals surface area contributed by atoms with Crippen molar-refractivity contribution in [2.45, 2.75) is 19.3 Å². The molecule has 1 unspecified atom stereocenters. The average Bonchev–Trinajstić information content (AvgIpc) is 2.81. The number of nitrogens with zero attached hydrogens (tertiary/aromatic N) is 3. The predicted octanol–water partition coefficient (Wildman–Crippen LogP) is -0.434. The normalized spacial score (nSPS) is 24.4. The van der Waals surface area contributed by atoms with E-state index in [4.69, 9.17) is 4.99 Å². The van der Waals surface area contributed by atoms with Crippen molar-refractivity contribution in [3.05, 3.63) is 53.4 Å². The van der Waals surface area contributed by atoms with Crippen LogP contribution < -0.4 is 26.8 Å². The van der Waals surface area contributed by atoms with Gasteiger partial charge in [-0.05, 0) is 50.6 Å². The second-order valence-corrected chi connectivity index (χ2v) is 7.47. The van der Waals surface area contributed by atoms with Crippen LogP contribution >= 0.6 is 0 Å². The predicted molar refractivity (Wildman–Crippen MR) is 103 cm³/mol. The molecule has 0 amide bonds. The Morgan fingerprint density at radius 2 is 1.92 bits per heavy atom. The summed E-state index contributed by atoms with van der Waals surface area (Å²) in [4.78, 5) is 11.1. The first-order valence-corrected chi connectivity index (χ1v) is 9.40. The molecule has 3 heterocycles. The van der Waals surface area contributed by atoms with Crippen LogP contribution in [0.4, 0.5) is 17.1 Å². The first kappa shape index (κ1) is 17.7. The lowest BCUT2D eigenvalue weighted by Crippen LogP contribution is -3.01. The van der Waals surface area contributed by atoms with E-state index in [1.807, 2.05) is 0 Å². The van der Waals surface area contributed by atoms with Gasteiger partial charge < -0.3 is 26.8 Å². The maximum Gasteiger partial charge on any atom is 0.166 e. The fraction of sp³-hybridized carbons (Fsp3) is 0.381. The van der Waals surface area contributed by atoms with Crippen LogP contribution in [0.25, 0.3) is 0 Å². The van der Waals surface area contributed by atoms with E-state index in [0.29, 0.717) is 0 Å². The minimum absolute atomic E-state index is 0. The highest BCUT2D eigenvalue weighted by Gasteiger charge is 2.32. The van der Waals surface area contributed by atoms with E-state index in [9.17, 15) is 0 Å². The van der Waals surface area contributed by atoms with Crippen molar-refractivity contribution < 1.29 is 21.9 Å². The molecule has 1 aromatic carbocycles. The number of likely N-dealkylation sites (N-methyl/N-ethyl adjacent to an activating group) is 1. The summed E-state index contributed by atoms with van der Waals surface area (Å²) < 4.78 is 0. The van der Waals surface area contributed by atoms with E-state index in [-0.39, 0.29) is 17.0 Å². The standard InChI is InChI=1S/C21H24N4.BrH/c1-23-10-12-24(13-11-23)18-7-8-20-19(14-18)22-15-17-5-2-4-16-6-3-9-25(20)21(16)17;/h3,6-9,14-15H,2,4-5,10-13H2,1H3;1H. The number of rotatable bonds is 1. The van der Waals surface area contributed by atoms with Crippen LogP contribution in [0.3, 0.4) is 0 Å². The molecule has 1 saturated heterocycles. The van der Waals surface area contributed by atoms with Gasteiger partial charge in [0, 0.05) is 55.3 Å². The van der Waals surface area contributed by atoms with E-state index in [1.54, 1.807) is 0 Å². The molecule has 0 aromatic heterocycles. The molecule has 3 aliphatic heterocycles. The highest BCUT2D eigenvalue weighted by molar-refractivity contribution is 5.86. The molecule has 136 valence electrons. The van der Waals surface area contributed by atoms with Gasteiger partial charge in [0.05, 0.1) is 0 Å². The summed E-state index contributed by atoms with van der Waals surface area (Å²) in [5.74, 6) is 0. The van der Waals surface area contributed by atoms with Gasteiger partial charge in [-0.1, -0.05) is 0 Å². The summed E-state index contributed by atoms with van der Waals surface area (Å²) in [6, 6.07) is 6.86. The smallest absolute Gasteiger partial charge is 0.166 e. The molecule has 0 spiro atoms. The summed E-state index contributed by atoms with van der Waals surface area (Å²) in [7, 11) is 2.20. The Morgan fingerprint density at radius 1 is 1.08 bits per heavy atom. The molecule has 0 radical (unpaired) electrons. The van der Waals surface area contributed by atoms with Gasteiger partial charge in [-0.15, -0.1) is 0 Å². The number of piperazine rings is 1. The van der Waals surface area contributed by atoms with Crippen LogP contribution in [0.2, 0.25) is 0 Å². The summed E-state index contributed by atoms with van der Waals surface area (Å²) in [6.07, 6.45) is 12.5. The molecule has 0 bridgehead atoms. The van der Waals surface area contributed by atoms with E-state index in [2.05, 4.69) is 59.6 Å². The largest absolute Gasteiger partial charge is 1.00 e. The second kappa shape index (κ2) is 7.14. The van der Waals surface area contributed by atoms with Crippen molar-refractivity contribution >= 4 is 23.3 Å². The SMILES string of the molecule is CN1CCN(c2ccc3c(c2)N=CC2=C4C(=CC=C[NH+]43)CCC2)CC1.[Br-]. The topological polar surface area (TPSA) is 23.3 Å². The first-order valence-electron chi connectivity index (χ1n) is 9.40. The molecule has 1 atom stereocenters. The van der Waals surface area contributed by atoms with Crippen LogP contribution in [0.5, 0.6) is 0 Å². The van der Waals surface area contributed by atoms with Crippen LogP contribution in [0.1, 0.15) is 19.3 Å². The first-order chi connectivity index (χ1) is 12.3. The molecule has 1 N–H and O–H groups in total. The lowest BCUT2D eigenvalue weighted by molar-refractivity contribution is -0.728. The minimum Gasteiger partial charge on any atom is -1.00 e. The molecule has 4 aliphatic rings. The molecular formula is C21H25BrN4. The van der Waals surface area contributed by atoms with E-state index in [1.165, 1.54) is 46.0 Å². The van der Waals surface area contributed by atoms with Gasteiger partial charge in [-0.2, -0.15) is 0 Å². The third-order valence-electron chi connectivity index (χ3n) is 5.86. The molecule has 26 heavy (non-hydrogen) atoms. The van der Waals surface area contributed by atoms with Crippen LogP contribution in [0, 0.1) is 0 Å². The zero-order valence-corrected chi connectivity index (χ0v) is 16.8. The van der Waals surface area contributed by atoms with Crippen molar-refractivity contribution in [1.29, 1.82) is 0 Å². The maximum atomic E-state index is 4.90. The van der Waals surface area contributed by atoms with Crippen molar-refractivity contribution in [2.75, 3.05) is 38.1 Å². The van der Waals surface area contributed by atoms with Gasteiger partial charge in [0.1, 0.15) is 17.6 Å². The Hall–Kier alpha value is -1.69. The second-order valence-electron chi connectivity index (χ2n) is 7.47. The number of quaternary nitrogens is 1. The number of halogens is 1. The highest BCUT2D eigenvalue weighted by Crippen LogP contribution is 2.35. The van der Waals surface area contributed by atoms with Gasteiger partial charge in [0.15, 0.2) is 5.69 Å². The van der Waals surface area contributed by atoms with Crippen molar-refractivity contribution in [3.8, 4) is 0 Å². The zero-order valence-electron chi connectivity index (χ0n) is 15.2. The summed E-state index contributed by atoms with van der Waals surface area (Å²) >= 11 is 0. The van der Waals surface area contributed by atoms with Gasteiger partial charge >= 0.3 is 0 Å². The fourth-order valence-corrected chi connectivity index (χ4v) is 4.40. The fourth-order valence-electron chi connectivity index (χ4n) is 4.40. The quantitative estimate of drug-likeness (QED) is 0.676. The molecule has 4 nitrogen and oxygen atoms in total. The Bertz CT molecular complexity index is 828. The molecule has 5 rings (SSSR count). The number of benzene rings is 1. The van der Waals surface area contributed by atoms with Crippen LogP contribution in [-0.2, 0) is 0 Å². The van der Waals surface area contributed by atoms with Crippen LogP contribution in [0.15, 0.2) is 58.4 Å². The Balaban J connectivity index is 0.00000168. The average molecular weight is 413 g/mol. The Labute approximate surface area is 166 Å². The summed E-state index contributed by atoms with van der Waals surface area (Å²) in [6.45, 7) is 4.45. The Kier molecular flexibility index (Phi) is 4.86. The number of hydrogen-bond acceptors (Lipinski definition) is 3. The molecule has 1 aliphatic carbocycles. The maximum absolute atomic E-state index is 4.90. The van der Waals surface area contributed by atoms with Crippen molar-refractivity contribution in [3.63, 3.8) is 0 Å². The molecule has 1 aromatic rings. The van der Waals surface area contributed by atoms with E-state index >= 15 is 0 Å². The molecule has 1 fully saturated rings. The minimum atomic E-state index is 0. The summed E-state index contributed by atoms with van der Waals surface area (Å²) in [5, 5.41) is 0. The van der Waals surface area contributed by atoms with E-state index in [0.717, 1.165) is 38.3 Å². The number of aliphatic imine (C=N–C) groups is 1. The number of hydrogen-bond donors (Lipinski definition) is 1. The molecule has 5 heteroatoms. The van der Waals surface area contributed by atoms with Gasteiger partial charge in [0.2, 0.25) is 0 Å². The van der Waals surface area contributed by atoms with Gasteiger partial charge in [0.25, 0.3) is 0 Å². The van der Waals surface area contributed by atoms with Crippen molar-refractivity contribution in [1.82, 2.24) is 4.90 Å². The number of anilines is 1. The lowest BCUT2D eigenvalue weighted by atomic mass is 9.90. The molecule has 0 saturated carbocycles. The van der Waals surface area contributed by atoms with Crippen LogP contribution in [-0.4, -0.2) is 44.3 Å². The third kappa shape index (κ3) is 2.98. The highest BCUT2D eigenvalue weighted by atomic mass is 79.9. The third-order valence-corrected chi connectivity index (χ3v) is 5.86. The van der Waals surface area contributed by atoms with E-state index < -0.39 is 0 Å². The monoisotopic (exact) mass is 412 g/mol. The van der Waals surface area contributed by atoms with Gasteiger partial charge in [-0.25, -0.2) is 9.89 Å². The zero-order chi connectivity index (χ0) is 16.8. The summed E-state index contributed by atoms with van der Waals surface area (Å²) in [5.41, 5.74) is 8.05. The number of allylic oxidation sites excluding steroid dienone is 4. The van der Waals surface area contributed by atoms with Crippen molar-refractivity contribution in [2.24, 2.45) is 4.99 Å². The lowest BCUT2D eigenvalue weighted by Gasteiger charge is -2.34. The number of nitrogens with one attached hydrogen (secondary N) is 1. The Morgan fingerprint density at radius 3 is 2.77 bits per heavy atom. The van der Waals surface area contributed by atoms with Gasteiger partial charge in [-0.3, -0.25) is 0 Å². The number of fused-ring (bicyclic) bond motifs is 2. The molecular weight excluding hydrogens is 388 g/mol.